The number of aromatic nitrogens is 1. The Balaban J connectivity index is 0.00000160. The van der Waals surface area contributed by atoms with Crippen LogP contribution in [0.1, 0.15) is 5.56 Å². The van der Waals surface area contributed by atoms with Crippen LogP contribution in [0.15, 0.2) is 58.0 Å². The number of piperazine rings is 1. The predicted octanol–water partition coefficient (Wildman–Crippen LogP) is 4.89. The van der Waals surface area contributed by atoms with Gasteiger partial charge >= 0.3 is 0 Å². The summed E-state index contributed by atoms with van der Waals surface area (Å²) in [6.07, 6.45) is 1.60. The van der Waals surface area contributed by atoms with Gasteiger partial charge in [0.05, 0.1) is 10.4 Å². The lowest BCUT2D eigenvalue weighted by molar-refractivity contribution is 0.148. The molecule has 1 saturated heterocycles. The van der Waals surface area contributed by atoms with Crippen molar-refractivity contribution in [2.75, 3.05) is 33.2 Å². The molecule has 164 valence electrons. The maximum atomic E-state index is 13.3. The molecule has 0 radical (unpaired) electrons. The first-order valence-electron chi connectivity index (χ1n) is 9.06. The fraction of sp³-hybridized carbons (Fsp3) is 0.300. The van der Waals surface area contributed by atoms with E-state index in [1.54, 1.807) is 36.5 Å². The van der Waals surface area contributed by atoms with E-state index in [2.05, 4.69) is 32.8 Å². The molecule has 2 heterocycles. The van der Waals surface area contributed by atoms with Gasteiger partial charge in [-0.05, 0) is 55.1 Å². The van der Waals surface area contributed by atoms with Crippen LogP contribution in [0.4, 0.5) is 0 Å². The Kier molecular flexibility index (Phi) is 8.67. The van der Waals surface area contributed by atoms with Crippen LogP contribution < -0.4 is 0 Å². The summed E-state index contributed by atoms with van der Waals surface area (Å²) in [6.45, 7) is 4.54. The minimum absolute atomic E-state index is 0. The van der Waals surface area contributed by atoms with Gasteiger partial charge in [0.2, 0.25) is 0 Å². The van der Waals surface area contributed by atoms with Crippen LogP contribution in [0.25, 0.3) is 10.9 Å². The van der Waals surface area contributed by atoms with Gasteiger partial charge in [-0.2, -0.15) is 0 Å². The molecule has 0 atom stereocenters. The predicted molar refractivity (Wildman–Crippen MR) is 131 cm³/mol. The number of hydrogen-bond donors (Lipinski definition) is 0. The Labute approximate surface area is 203 Å². The zero-order chi connectivity index (χ0) is 19.9. The summed E-state index contributed by atoms with van der Waals surface area (Å²) in [6, 6.07) is 12.3. The first kappa shape index (κ1) is 25.5. The number of nitrogens with zero attached hydrogens (tertiary/aromatic N) is 3. The van der Waals surface area contributed by atoms with E-state index < -0.39 is 10.0 Å². The molecule has 0 saturated carbocycles. The average molecular weight is 556 g/mol. The lowest BCUT2D eigenvalue weighted by Gasteiger charge is -2.32. The van der Waals surface area contributed by atoms with Gasteiger partial charge < -0.3 is 4.90 Å². The summed E-state index contributed by atoms with van der Waals surface area (Å²) in [5.74, 6) is 0. The molecule has 1 fully saturated rings. The monoisotopic (exact) mass is 553 g/mol. The number of halogens is 4. The van der Waals surface area contributed by atoms with Gasteiger partial charge in [-0.3, -0.25) is 4.90 Å². The summed E-state index contributed by atoms with van der Waals surface area (Å²) in [5, 5.41) is 1.46. The molecule has 1 aliphatic rings. The van der Waals surface area contributed by atoms with Crippen molar-refractivity contribution in [2.24, 2.45) is 0 Å². The van der Waals surface area contributed by atoms with Crippen LogP contribution in [0.3, 0.4) is 0 Å². The molecule has 2 aromatic carbocycles. The second kappa shape index (κ2) is 10.2. The fourth-order valence-electron chi connectivity index (χ4n) is 3.49. The molecule has 0 amide bonds. The quantitative estimate of drug-likeness (QED) is 0.460. The van der Waals surface area contributed by atoms with Crippen LogP contribution in [0.5, 0.6) is 0 Å². The van der Waals surface area contributed by atoms with E-state index in [0.717, 1.165) is 41.6 Å². The Morgan fingerprint density at radius 3 is 2.40 bits per heavy atom. The number of hydrogen-bond acceptors (Lipinski definition) is 4. The van der Waals surface area contributed by atoms with Crippen molar-refractivity contribution in [3.63, 3.8) is 0 Å². The molecule has 4 rings (SSSR count). The standard InChI is InChI=1S/C20H21BrClN3O2S.2ClH/c1-23-8-10-24(11-9-23)14-16-13-18(3-4-19(16)22)28(26,27)25-7-6-15-12-17(21)2-5-20(15)25;;/h2-7,12-13H,8-11,14H2,1H3;2*1H. The SMILES string of the molecule is CN1CCN(Cc2cc(S(=O)(=O)n3ccc4cc(Br)ccc43)ccc2Cl)CC1.Cl.Cl. The Morgan fingerprint density at radius 1 is 1.00 bits per heavy atom. The highest BCUT2D eigenvalue weighted by Crippen LogP contribution is 2.28. The molecule has 0 N–H and O–H groups in total. The highest BCUT2D eigenvalue weighted by molar-refractivity contribution is 9.10. The summed E-state index contributed by atoms with van der Waals surface area (Å²) in [4.78, 5) is 4.84. The molecular formula is C20H23BrCl3N3O2S. The maximum Gasteiger partial charge on any atom is 0.268 e. The van der Waals surface area contributed by atoms with E-state index in [1.165, 1.54) is 3.97 Å². The minimum atomic E-state index is -3.71. The lowest BCUT2D eigenvalue weighted by Crippen LogP contribution is -2.43. The van der Waals surface area contributed by atoms with Gasteiger partial charge in [-0.15, -0.1) is 24.8 Å². The molecule has 0 aliphatic carbocycles. The second-order valence-electron chi connectivity index (χ2n) is 7.15. The molecule has 1 aliphatic heterocycles. The molecule has 0 spiro atoms. The zero-order valence-electron chi connectivity index (χ0n) is 16.3. The molecular weight excluding hydrogens is 533 g/mol. The number of likely N-dealkylation sites (N-methyl/N-ethyl adjacent to an activating group) is 1. The van der Waals surface area contributed by atoms with Crippen LogP contribution in [-0.2, 0) is 16.6 Å². The Morgan fingerprint density at radius 2 is 1.70 bits per heavy atom. The summed E-state index contributed by atoms with van der Waals surface area (Å²) in [5.41, 5.74) is 1.49. The van der Waals surface area contributed by atoms with Gasteiger partial charge in [-0.1, -0.05) is 27.5 Å². The van der Waals surface area contributed by atoms with Crippen LogP contribution in [0.2, 0.25) is 5.02 Å². The molecule has 10 heteroatoms. The van der Waals surface area contributed by atoms with E-state index in [4.69, 9.17) is 11.6 Å². The number of benzene rings is 2. The Hall–Kier alpha value is -0.800. The molecule has 5 nitrogen and oxygen atoms in total. The Bertz CT molecular complexity index is 1130. The van der Waals surface area contributed by atoms with Gasteiger partial charge in [0.25, 0.3) is 10.0 Å². The van der Waals surface area contributed by atoms with E-state index in [1.807, 2.05) is 12.1 Å². The van der Waals surface area contributed by atoms with Crippen LogP contribution in [0, 0.1) is 0 Å². The maximum absolute atomic E-state index is 13.3. The largest absolute Gasteiger partial charge is 0.304 e. The normalized spacial score (nSPS) is 15.6. The third-order valence-corrected chi connectivity index (χ3v) is 7.73. The van der Waals surface area contributed by atoms with Crippen molar-refractivity contribution in [3.05, 3.63) is 63.7 Å². The van der Waals surface area contributed by atoms with E-state index in [-0.39, 0.29) is 29.7 Å². The van der Waals surface area contributed by atoms with E-state index in [0.29, 0.717) is 17.1 Å². The summed E-state index contributed by atoms with van der Waals surface area (Å²) in [7, 11) is -1.60. The number of rotatable bonds is 4. The molecule has 3 aromatic rings. The third-order valence-electron chi connectivity index (χ3n) is 5.18. The first-order valence-corrected chi connectivity index (χ1v) is 11.7. The van der Waals surface area contributed by atoms with Crippen molar-refractivity contribution in [3.8, 4) is 0 Å². The molecule has 30 heavy (non-hydrogen) atoms. The zero-order valence-corrected chi connectivity index (χ0v) is 21.1. The topological polar surface area (TPSA) is 45.6 Å². The van der Waals surface area contributed by atoms with E-state index >= 15 is 0 Å². The number of fused-ring (bicyclic) bond motifs is 1. The molecule has 0 bridgehead atoms. The summed E-state index contributed by atoms with van der Waals surface area (Å²) >= 11 is 9.81. The minimum Gasteiger partial charge on any atom is -0.304 e. The van der Waals surface area contributed by atoms with Gasteiger partial charge in [0, 0.05) is 53.8 Å². The van der Waals surface area contributed by atoms with Crippen molar-refractivity contribution in [1.82, 2.24) is 13.8 Å². The van der Waals surface area contributed by atoms with Crippen molar-refractivity contribution in [1.29, 1.82) is 0 Å². The smallest absolute Gasteiger partial charge is 0.268 e. The van der Waals surface area contributed by atoms with Gasteiger partial charge in [0.1, 0.15) is 0 Å². The molecule has 0 unspecified atom stereocenters. The van der Waals surface area contributed by atoms with Gasteiger partial charge in [0.15, 0.2) is 0 Å². The lowest BCUT2D eigenvalue weighted by atomic mass is 10.2. The third kappa shape index (κ3) is 5.15. The van der Waals surface area contributed by atoms with Crippen LogP contribution >= 0.6 is 52.3 Å². The van der Waals surface area contributed by atoms with E-state index in [9.17, 15) is 8.42 Å². The van der Waals surface area contributed by atoms with Crippen molar-refractivity contribution < 1.29 is 8.42 Å². The van der Waals surface area contributed by atoms with Crippen molar-refractivity contribution in [2.45, 2.75) is 11.4 Å². The van der Waals surface area contributed by atoms with Crippen LogP contribution in [-0.4, -0.2) is 55.4 Å². The van der Waals surface area contributed by atoms with Gasteiger partial charge in [-0.25, -0.2) is 12.4 Å². The summed E-state index contributed by atoms with van der Waals surface area (Å²) < 4.78 is 28.8. The first-order chi connectivity index (χ1) is 13.3. The average Bonchev–Trinajstić information content (AvgIpc) is 3.09. The highest BCUT2D eigenvalue weighted by atomic mass is 79.9. The second-order valence-corrected chi connectivity index (χ2v) is 10.3. The van der Waals surface area contributed by atoms with Crippen molar-refractivity contribution >= 4 is 73.3 Å². The fourth-order valence-corrected chi connectivity index (χ4v) is 5.45. The molecule has 1 aromatic heterocycles. The highest BCUT2D eigenvalue weighted by Gasteiger charge is 2.21.